The summed E-state index contributed by atoms with van der Waals surface area (Å²) in [7, 11) is 0. The first-order chi connectivity index (χ1) is 33.1. The molecule has 7 rings (SSSR count). The molecule has 0 radical (unpaired) electrons. The Bertz CT molecular complexity index is 2800. The van der Waals surface area contributed by atoms with Crippen LogP contribution in [0, 0.1) is 11.8 Å². The molecule has 11 nitrogen and oxygen atoms in total. The average molecular weight is 1080 g/mol. The minimum atomic E-state index is -4.50. The molecule has 0 saturated carbocycles. The standard InChI is InChI=1S/C27H21N3O4S.C23H27F3N3S.CNS.Ru/c1-2-3-4-20-11-23(35-16-20)6-5-19-7-9-28-24(12-19)26-14-22(34-18-32)15-27(30-26)25-13-21(33-17-31)8-10-29-25;1-2-3-4-5-6-7-8-9-10-17-12-14-30-22(17)18-11-13-27-19(15-18)20-16-21(29-28-20)23(24,25)26;2-1-3;/h7-18H,2-4H2,1H3;11-16H,2-10H2,1H3;;/q;2*-1;+2. The van der Waals surface area contributed by atoms with Gasteiger partial charge in [0.2, 0.25) is 0 Å². The molecular formula is C51H48F3N7O4RuS3. The van der Waals surface area contributed by atoms with Crippen molar-refractivity contribution in [1.29, 1.82) is 0 Å². The predicted molar refractivity (Wildman–Crippen MR) is 264 cm³/mol. The van der Waals surface area contributed by atoms with Crippen LogP contribution < -0.4 is 14.6 Å². The van der Waals surface area contributed by atoms with Crippen LogP contribution in [0.25, 0.3) is 50.0 Å². The molecule has 0 N–H and O–H groups in total. The summed E-state index contributed by atoms with van der Waals surface area (Å²) in [5, 5.41) is 19.6. The average Bonchev–Trinajstić information content (AvgIpc) is 4.15. The summed E-state index contributed by atoms with van der Waals surface area (Å²) in [5.74, 6) is 7.01. The topological polar surface area (TPSA) is 153 Å². The number of carbonyl (C=O) groups is 2. The SMILES string of the molecule is CCCCCCCCCCc1ccsc1-c1ccnc(-c2cc(C(F)(F)F)n[n-]2)c1.CCCCc1csc(C#Cc2ccnc(-c3cc(OC=O)cc(-c4cc(OC=O)ccn4)n3)c2)c1.[N-]=C=S.[Ru+2]. The minimum Gasteiger partial charge on any atom is -0.753 e. The van der Waals surface area contributed by atoms with Crippen LogP contribution >= 0.6 is 34.9 Å². The minimum absolute atomic E-state index is 0. The number of alkyl halides is 3. The van der Waals surface area contributed by atoms with Crippen LogP contribution in [-0.2, 0) is 48.1 Å². The maximum Gasteiger partial charge on any atom is 2.00 e. The van der Waals surface area contributed by atoms with Gasteiger partial charge in [0.15, 0.2) is 0 Å². The van der Waals surface area contributed by atoms with Gasteiger partial charge in [-0.25, -0.2) is 4.98 Å². The maximum atomic E-state index is 12.8. The van der Waals surface area contributed by atoms with Crippen molar-refractivity contribution in [2.45, 2.75) is 97.1 Å². The molecule has 0 spiro atoms. The number of halogens is 3. The fraction of sp³-hybridized carbons (Fsp3) is 0.294. The van der Waals surface area contributed by atoms with Crippen molar-refractivity contribution in [2.75, 3.05) is 0 Å². The summed E-state index contributed by atoms with van der Waals surface area (Å²) in [6.07, 6.45) is 14.9. The fourth-order valence-corrected chi connectivity index (χ4v) is 8.56. The molecule has 0 aliphatic heterocycles. The summed E-state index contributed by atoms with van der Waals surface area (Å²) in [4.78, 5) is 41.4. The van der Waals surface area contributed by atoms with Crippen molar-refractivity contribution >= 4 is 53.0 Å². The van der Waals surface area contributed by atoms with Crippen LogP contribution in [0.5, 0.6) is 11.5 Å². The molecule has 0 fully saturated rings. The molecule has 0 unspecified atom stereocenters. The number of pyridine rings is 4. The molecule has 7 heterocycles. The van der Waals surface area contributed by atoms with Crippen molar-refractivity contribution in [3.8, 4) is 67.9 Å². The number of isothiocyanates is 1. The molecule has 0 aliphatic carbocycles. The zero-order valence-corrected chi connectivity index (χ0v) is 42.0. The van der Waals surface area contributed by atoms with E-state index in [2.05, 4.69) is 90.9 Å². The number of aromatic nitrogens is 6. The van der Waals surface area contributed by atoms with Crippen molar-refractivity contribution in [3.63, 3.8) is 0 Å². The van der Waals surface area contributed by atoms with Crippen LogP contribution in [0.15, 0.2) is 96.1 Å². The number of nitrogens with zero attached hydrogens (tertiary/aromatic N) is 7. The molecule has 0 saturated heterocycles. The van der Waals surface area contributed by atoms with E-state index in [0.717, 1.165) is 46.2 Å². The normalized spacial score (nSPS) is 10.4. The summed E-state index contributed by atoms with van der Waals surface area (Å²) in [6, 6.07) is 18.9. The van der Waals surface area contributed by atoms with E-state index in [1.54, 1.807) is 65.4 Å². The molecule has 0 atom stereocenters. The Morgan fingerprint density at radius 3 is 2.01 bits per heavy atom. The van der Waals surface area contributed by atoms with E-state index < -0.39 is 11.9 Å². The predicted octanol–water partition coefficient (Wildman–Crippen LogP) is 13.3. The van der Waals surface area contributed by atoms with Gasteiger partial charge in [0.25, 0.3) is 12.9 Å². The maximum absolute atomic E-state index is 12.8. The summed E-state index contributed by atoms with van der Waals surface area (Å²) in [5.41, 5.74) is 5.80. The van der Waals surface area contributed by atoms with Gasteiger partial charge in [-0.2, -0.15) is 18.3 Å². The number of ether oxygens (including phenoxy) is 2. The second-order valence-corrected chi connectivity index (χ2v) is 17.1. The van der Waals surface area contributed by atoms with Crippen LogP contribution in [0.1, 0.15) is 105 Å². The number of thiophene rings is 2. The third-order valence-corrected chi connectivity index (χ3v) is 12.0. The Morgan fingerprint density at radius 1 is 0.710 bits per heavy atom. The van der Waals surface area contributed by atoms with Gasteiger partial charge < -0.3 is 25.1 Å². The monoisotopic (exact) mass is 1080 g/mol. The first-order valence-corrected chi connectivity index (χ1v) is 24.1. The van der Waals surface area contributed by atoms with Crippen LogP contribution in [0.2, 0.25) is 0 Å². The van der Waals surface area contributed by atoms with Crippen molar-refractivity contribution in [3.05, 3.63) is 129 Å². The van der Waals surface area contributed by atoms with E-state index in [4.69, 9.17) is 14.9 Å². The van der Waals surface area contributed by atoms with Crippen molar-refractivity contribution in [2.24, 2.45) is 0 Å². The number of aryl methyl sites for hydroxylation is 2. The Kier molecular flexibility index (Phi) is 23.9. The van der Waals surface area contributed by atoms with E-state index >= 15 is 0 Å². The number of hydrogen-bond acceptors (Lipinski definition) is 12. The zero-order valence-electron chi connectivity index (χ0n) is 37.9. The molecule has 0 aromatic carbocycles. The summed E-state index contributed by atoms with van der Waals surface area (Å²) < 4.78 is 48.4. The van der Waals surface area contributed by atoms with Crippen LogP contribution in [0.4, 0.5) is 13.2 Å². The molecular weight excluding hydrogens is 1030 g/mol. The van der Waals surface area contributed by atoms with E-state index in [1.807, 2.05) is 18.2 Å². The Labute approximate surface area is 426 Å². The van der Waals surface area contributed by atoms with Gasteiger partial charge in [-0.05, 0) is 102 Å². The molecule has 7 aromatic rings. The van der Waals surface area contributed by atoms with E-state index in [9.17, 15) is 22.8 Å². The first kappa shape index (κ1) is 55.5. The van der Waals surface area contributed by atoms with Gasteiger partial charge in [0, 0.05) is 47.2 Å². The van der Waals surface area contributed by atoms with Gasteiger partial charge in [0.05, 0.1) is 33.3 Å². The molecule has 358 valence electrons. The van der Waals surface area contributed by atoms with E-state index in [0.29, 0.717) is 47.2 Å². The number of carbonyl (C=O) groups excluding carboxylic acids is 2. The number of thiocarbonyl (C=S) groups is 1. The van der Waals surface area contributed by atoms with E-state index in [1.165, 1.54) is 80.3 Å². The van der Waals surface area contributed by atoms with Gasteiger partial charge in [0.1, 0.15) is 17.2 Å². The molecule has 69 heavy (non-hydrogen) atoms. The third-order valence-electron chi connectivity index (χ3n) is 10.1. The van der Waals surface area contributed by atoms with Crippen LogP contribution in [0.3, 0.4) is 0 Å². The number of unbranched alkanes of at least 4 members (excludes halogenated alkanes) is 8. The molecule has 18 heteroatoms. The van der Waals surface area contributed by atoms with Gasteiger partial charge in [-0.15, -0.1) is 22.7 Å². The Balaban J connectivity index is 0.000000283. The van der Waals surface area contributed by atoms with Crippen LogP contribution in [-0.4, -0.2) is 43.1 Å². The number of rotatable bonds is 20. The van der Waals surface area contributed by atoms with Gasteiger partial charge >= 0.3 is 25.7 Å². The van der Waals surface area contributed by atoms with Crippen molar-refractivity contribution in [1.82, 2.24) is 30.1 Å². The molecule has 7 aromatic heterocycles. The molecule has 0 bridgehead atoms. The third kappa shape index (κ3) is 18.1. The Hall–Kier alpha value is -6.08. The van der Waals surface area contributed by atoms with E-state index in [-0.39, 0.29) is 30.9 Å². The zero-order chi connectivity index (χ0) is 48.6. The second kappa shape index (κ2) is 29.7. The van der Waals surface area contributed by atoms with Gasteiger partial charge in [-0.3, -0.25) is 24.5 Å². The summed E-state index contributed by atoms with van der Waals surface area (Å²) in [6.45, 7) is 5.09. The largest absolute Gasteiger partial charge is 2.00 e. The molecule has 0 amide bonds. The van der Waals surface area contributed by atoms with Gasteiger partial charge in [-0.1, -0.05) is 95.0 Å². The fourth-order valence-electron chi connectivity index (χ4n) is 6.81. The quantitative estimate of drug-likeness (QED) is 0.0179. The number of hydrogen-bond donors (Lipinski definition) is 0. The van der Waals surface area contributed by atoms with Crippen molar-refractivity contribution < 1.29 is 51.7 Å². The Morgan fingerprint density at radius 2 is 1.33 bits per heavy atom. The second-order valence-electron chi connectivity index (χ2n) is 15.1. The smallest absolute Gasteiger partial charge is 0.753 e. The molecule has 0 aliphatic rings. The summed E-state index contributed by atoms with van der Waals surface area (Å²) >= 11 is 6.99. The first-order valence-electron chi connectivity index (χ1n) is 22.0.